The van der Waals surface area contributed by atoms with Gasteiger partial charge in [0.05, 0.1) is 28.1 Å². The zero-order valence-electron chi connectivity index (χ0n) is 15.9. The molecule has 3 aromatic rings. The lowest BCUT2D eigenvalue weighted by Crippen LogP contribution is -2.14. The summed E-state index contributed by atoms with van der Waals surface area (Å²) in [5.74, 6) is 0.0160. The van der Waals surface area contributed by atoms with Crippen molar-refractivity contribution < 1.29 is 18.9 Å². The van der Waals surface area contributed by atoms with Crippen molar-refractivity contribution in [2.75, 3.05) is 12.4 Å². The Labute approximate surface area is 186 Å². The van der Waals surface area contributed by atoms with Gasteiger partial charge in [0, 0.05) is 11.6 Å². The van der Waals surface area contributed by atoms with Gasteiger partial charge in [0.15, 0.2) is 0 Å². The fourth-order valence-corrected chi connectivity index (χ4v) is 3.04. The lowest BCUT2D eigenvalue weighted by Gasteiger charge is -2.07. The highest BCUT2D eigenvalue weighted by Gasteiger charge is 2.20. The van der Waals surface area contributed by atoms with Crippen molar-refractivity contribution in [1.29, 1.82) is 5.26 Å². The molecule has 1 N–H and O–H groups in total. The number of nitro groups is 1. The minimum atomic E-state index is -0.838. The molecule has 1 aromatic heterocycles. The third-order valence-corrected chi connectivity index (χ3v) is 4.96. The first-order chi connectivity index (χ1) is 14.8. The molecule has 0 unspecified atom stereocenters. The van der Waals surface area contributed by atoms with E-state index in [2.05, 4.69) is 5.32 Å². The number of benzene rings is 2. The SMILES string of the molecule is COc1ccc(NC(=O)/C(C#N)=C/c2ccc(-c3cccc(Cl)c3Cl)o2)c([N+](=O)[O-])c1. The Bertz CT molecular complexity index is 1240. The quantitative estimate of drug-likeness (QED) is 0.219. The number of furan rings is 1. The van der Waals surface area contributed by atoms with E-state index in [-0.39, 0.29) is 28.5 Å². The van der Waals surface area contributed by atoms with Crippen LogP contribution in [0.1, 0.15) is 5.76 Å². The number of hydrogen-bond donors (Lipinski definition) is 1. The zero-order chi connectivity index (χ0) is 22.5. The summed E-state index contributed by atoms with van der Waals surface area (Å²) >= 11 is 12.2. The number of ether oxygens (including phenoxy) is 1. The second-order valence-corrected chi connectivity index (χ2v) is 6.85. The molecule has 31 heavy (non-hydrogen) atoms. The van der Waals surface area contributed by atoms with Crippen molar-refractivity contribution in [2.45, 2.75) is 0 Å². The van der Waals surface area contributed by atoms with Crippen LogP contribution in [0.3, 0.4) is 0 Å². The number of halogens is 2. The lowest BCUT2D eigenvalue weighted by molar-refractivity contribution is -0.384. The van der Waals surface area contributed by atoms with Crippen molar-refractivity contribution in [3.8, 4) is 23.1 Å². The van der Waals surface area contributed by atoms with E-state index in [0.29, 0.717) is 21.4 Å². The average Bonchev–Trinajstić information content (AvgIpc) is 3.22. The van der Waals surface area contributed by atoms with Gasteiger partial charge in [-0.25, -0.2) is 0 Å². The first kappa shape index (κ1) is 21.9. The highest BCUT2D eigenvalue weighted by atomic mass is 35.5. The van der Waals surface area contributed by atoms with Crippen molar-refractivity contribution in [3.05, 3.63) is 80.0 Å². The molecule has 0 saturated carbocycles. The third kappa shape index (κ3) is 4.86. The maximum atomic E-state index is 12.5. The molecule has 0 aliphatic rings. The molecule has 10 heteroatoms. The van der Waals surface area contributed by atoms with Crippen LogP contribution in [-0.4, -0.2) is 17.9 Å². The van der Waals surface area contributed by atoms with Gasteiger partial charge < -0.3 is 14.5 Å². The summed E-state index contributed by atoms with van der Waals surface area (Å²) in [6, 6.07) is 13.9. The monoisotopic (exact) mass is 457 g/mol. The van der Waals surface area contributed by atoms with Crippen LogP contribution >= 0.6 is 23.2 Å². The number of nitro benzene ring substituents is 1. The molecule has 0 bridgehead atoms. The predicted octanol–water partition coefficient (Wildman–Crippen LogP) is 5.72. The Kier molecular flexibility index (Phi) is 6.60. The number of rotatable bonds is 6. The number of amides is 1. The van der Waals surface area contributed by atoms with Crippen LogP contribution in [0.4, 0.5) is 11.4 Å². The summed E-state index contributed by atoms with van der Waals surface area (Å²) in [6.45, 7) is 0. The molecule has 3 rings (SSSR count). The maximum Gasteiger partial charge on any atom is 0.296 e. The first-order valence-corrected chi connectivity index (χ1v) is 9.39. The van der Waals surface area contributed by atoms with Crippen molar-refractivity contribution >= 4 is 46.6 Å². The van der Waals surface area contributed by atoms with E-state index in [1.807, 2.05) is 0 Å². The van der Waals surface area contributed by atoms with E-state index in [0.717, 1.165) is 0 Å². The second-order valence-electron chi connectivity index (χ2n) is 6.07. The molecule has 0 saturated heterocycles. The summed E-state index contributed by atoms with van der Waals surface area (Å²) in [4.78, 5) is 23.1. The molecule has 8 nitrogen and oxygen atoms in total. The largest absolute Gasteiger partial charge is 0.496 e. The molecule has 1 amide bonds. The Balaban J connectivity index is 1.87. The summed E-state index contributed by atoms with van der Waals surface area (Å²) in [7, 11) is 1.36. The van der Waals surface area contributed by atoms with Gasteiger partial charge in [0.2, 0.25) is 0 Å². The second kappa shape index (κ2) is 9.34. The zero-order valence-corrected chi connectivity index (χ0v) is 17.4. The summed E-state index contributed by atoms with van der Waals surface area (Å²) in [6.07, 6.45) is 1.21. The van der Waals surface area contributed by atoms with Crippen LogP contribution in [0, 0.1) is 21.4 Å². The number of carbonyl (C=O) groups is 1. The van der Waals surface area contributed by atoms with E-state index in [1.54, 1.807) is 36.4 Å². The van der Waals surface area contributed by atoms with E-state index < -0.39 is 10.8 Å². The molecule has 0 radical (unpaired) electrons. The molecule has 0 aliphatic heterocycles. The maximum absolute atomic E-state index is 12.5. The fraction of sp³-hybridized carbons (Fsp3) is 0.0476. The molecule has 0 fully saturated rings. The van der Waals surface area contributed by atoms with Gasteiger partial charge in [0.25, 0.3) is 11.6 Å². The van der Waals surface area contributed by atoms with Gasteiger partial charge in [0.1, 0.15) is 34.6 Å². The first-order valence-electron chi connectivity index (χ1n) is 8.64. The smallest absolute Gasteiger partial charge is 0.296 e. The van der Waals surface area contributed by atoms with E-state index in [9.17, 15) is 20.2 Å². The van der Waals surface area contributed by atoms with Gasteiger partial charge in [-0.2, -0.15) is 5.26 Å². The number of hydrogen-bond acceptors (Lipinski definition) is 6. The van der Waals surface area contributed by atoms with E-state index in [4.69, 9.17) is 32.4 Å². The van der Waals surface area contributed by atoms with Gasteiger partial charge in [-0.3, -0.25) is 14.9 Å². The number of nitrogens with one attached hydrogen (secondary N) is 1. The molecule has 0 aliphatic carbocycles. The van der Waals surface area contributed by atoms with Crippen LogP contribution in [0.25, 0.3) is 17.4 Å². The fourth-order valence-electron chi connectivity index (χ4n) is 2.64. The van der Waals surface area contributed by atoms with Crippen molar-refractivity contribution in [3.63, 3.8) is 0 Å². The Morgan fingerprint density at radius 2 is 2.03 bits per heavy atom. The van der Waals surface area contributed by atoms with Gasteiger partial charge in [-0.05, 0) is 36.4 Å². The van der Waals surface area contributed by atoms with Crippen LogP contribution < -0.4 is 10.1 Å². The molecule has 1 heterocycles. The number of anilines is 1. The highest BCUT2D eigenvalue weighted by Crippen LogP contribution is 2.35. The van der Waals surface area contributed by atoms with E-state index in [1.165, 1.54) is 31.4 Å². The Hall–Kier alpha value is -3.80. The number of nitriles is 1. The van der Waals surface area contributed by atoms with Crippen LogP contribution in [0.5, 0.6) is 5.75 Å². The lowest BCUT2D eigenvalue weighted by atomic mass is 10.2. The molecule has 0 spiro atoms. The summed E-state index contributed by atoms with van der Waals surface area (Å²) in [5.41, 5.74) is -0.225. The minimum Gasteiger partial charge on any atom is -0.496 e. The third-order valence-electron chi connectivity index (χ3n) is 4.15. The number of carbonyl (C=O) groups excluding carboxylic acids is 1. The standard InChI is InChI=1S/C21H13Cl2N3O5/c1-30-13-5-7-17(18(10-13)26(28)29)25-21(27)12(11-24)9-14-6-8-19(31-14)15-3-2-4-16(22)20(15)23/h2-10H,1H3,(H,25,27)/b12-9+. The molecular weight excluding hydrogens is 445 g/mol. The highest BCUT2D eigenvalue weighted by molar-refractivity contribution is 6.43. The van der Waals surface area contributed by atoms with E-state index >= 15 is 0 Å². The Morgan fingerprint density at radius 3 is 2.71 bits per heavy atom. The molecular formula is C21H13Cl2N3O5. The van der Waals surface area contributed by atoms with Gasteiger partial charge in [-0.1, -0.05) is 29.3 Å². The normalized spacial score (nSPS) is 11.0. The number of methoxy groups -OCH3 is 1. The van der Waals surface area contributed by atoms with Crippen LogP contribution in [-0.2, 0) is 4.79 Å². The van der Waals surface area contributed by atoms with Crippen molar-refractivity contribution in [1.82, 2.24) is 0 Å². The predicted molar refractivity (Wildman–Crippen MR) is 116 cm³/mol. The summed E-state index contributed by atoms with van der Waals surface area (Å²) < 4.78 is 10.6. The van der Waals surface area contributed by atoms with Crippen LogP contribution in [0.2, 0.25) is 10.0 Å². The summed E-state index contributed by atoms with van der Waals surface area (Å²) in [5, 5.41) is 23.7. The van der Waals surface area contributed by atoms with Crippen LogP contribution in [0.15, 0.2) is 58.5 Å². The average molecular weight is 458 g/mol. The minimum absolute atomic E-state index is 0.0807. The molecule has 0 atom stereocenters. The molecule has 156 valence electrons. The van der Waals surface area contributed by atoms with Crippen molar-refractivity contribution in [2.24, 2.45) is 0 Å². The van der Waals surface area contributed by atoms with Gasteiger partial charge in [-0.15, -0.1) is 0 Å². The Morgan fingerprint density at radius 1 is 1.26 bits per heavy atom. The van der Waals surface area contributed by atoms with Gasteiger partial charge >= 0.3 is 0 Å². The topological polar surface area (TPSA) is 118 Å². The molecule has 2 aromatic carbocycles. The number of nitrogens with zero attached hydrogens (tertiary/aromatic N) is 2.